The minimum atomic E-state index is -0.938. The Labute approximate surface area is 119 Å². The first kappa shape index (κ1) is 14.9. The molecule has 0 aliphatic carbocycles. The van der Waals surface area contributed by atoms with E-state index in [1.165, 1.54) is 19.1 Å². The predicted molar refractivity (Wildman–Crippen MR) is 72.3 cm³/mol. The minimum Gasteiger partial charge on any atom is -0.389 e. The maximum atomic E-state index is 13.5. The van der Waals surface area contributed by atoms with E-state index in [1.54, 1.807) is 13.0 Å². The number of aliphatic hydroxyl groups is 1. The van der Waals surface area contributed by atoms with Gasteiger partial charge in [-0.15, -0.1) is 0 Å². The Morgan fingerprint density at radius 1 is 1.00 bits per heavy atom. The summed E-state index contributed by atoms with van der Waals surface area (Å²) in [5, 5.41) is 9.68. The number of hydrogen-bond donors (Lipinski definition) is 1. The average molecular weight is 298 g/mol. The molecule has 0 amide bonds. The zero-order valence-electron chi connectivity index (χ0n) is 11.0. The van der Waals surface area contributed by atoms with E-state index in [0.29, 0.717) is 20.9 Å². The quantitative estimate of drug-likeness (QED) is 0.892. The monoisotopic (exact) mass is 298 g/mol. The molecule has 0 radical (unpaired) electrons. The van der Waals surface area contributed by atoms with Crippen LogP contribution in [0.3, 0.4) is 0 Å². The molecule has 1 nitrogen and oxygen atoms in total. The first-order chi connectivity index (χ1) is 9.38. The second-order valence-electron chi connectivity index (χ2n) is 4.49. The molecule has 1 N–H and O–H groups in total. The molecule has 0 bridgehead atoms. The number of halogens is 3. The molecular weight excluding hydrogens is 285 g/mol. The Hall–Kier alpha value is -1.46. The van der Waals surface area contributed by atoms with Gasteiger partial charge in [0.1, 0.15) is 5.82 Å². The van der Waals surface area contributed by atoms with E-state index in [2.05, 4.69) is 0 Å². The van der Waals surface area contributed by atoms with Gasteiger partial charge < -0.3 is 5.11 Å². The molecule has 0 unspecified atom stereocenters. The van der Waals surface area contributed by atoms with Crippen LogP contribution >= 0.6 is 11.8 Å². The Bertz CT molecular complexity index is 641. The number of rotatable bonds is 3. The van der Waals surface area contributed by atoms with Gasteiger partial charge in [-0.25, -0.2) is 13.2 Å². The molecular formula is C15H13F3OS. The molecule has 0 aromatic heterocycles. The van der Waals surface area contributed by atoms with Crippen molar-refractivity contribution >= 4 is 11.8 Å². The first-order valence-corrected chi connectivity index (χ1v) is 6.81. The van der Waals surface area contributed by atoms with E-state index in [1.807, 2.05) is 0 Å². The van der Waals surface area contributed by atoms with E-state index in [4.69, 9.17) is 0 Å². The van der Waals surface area contributed by atoms with Gasteiger partial charge in [0.05, 0.1) is 6.10 Å². The van der Waals surface area contributed by atoms with Gasteiger partial charge >= 0.3 is 0 Å². The molecule has 2 aromatic rings. The lowest BCUT2D eigenvalue weighted by Gasteiger charge is -2.13. The standard InChI is InChI=1S/C15H13F3OS/c1-8-5-15(11(9(2)19)7-13(8)17)20-10-3-4-12(16)14(18)6-10/h3-7,9,19H,1-2H3/t9-/m0/s1. The fraction of sp³-hybridized carbons (Fsp3) is 0.200. The average Bonchev–Trinajstić information content (AvgIpc) is 2.37. The molecule has 0 heterocycles. The number of hydrogen-bond acceptors (Lipinski definition) is 2. The normalized spacial score (nSPS) is 12.5. The molecule has 20 heavy (non-hydrogen) atoms. The second kappa shape index (κ2) is 5.89. The Kier molecular flexibility index (Phi) is 4.40. The van der Waals surface area contributed by atoms with Crippen LogP contribution in [-0.2, 0) is 0 Å². The van der Waals surface area contributed by atoms with Crippen LogP contribution in [0.25, 0.3) is 0 Å². The summed E-state index contributed by atoms with van der Waals surface area (Å²) >= 11 is 1.15. The second-order valence-corrected chi connectivity index (χ2v) is 5.61. The zero-order valence-corrected chi connectivity index (χ0v) is 11.8. The van der Waals surface area contributed by atoms with Crippen molar-refractivity contribution < 1.29 is 18.3 Å². The third kappa shape index (κ3) is 3.16. The summed E-state index contributed by atoms with van der Waals surface area (Å²) in [4.78, 5) is 1.10. The molecule has 0 fully saturated rings. The first-order valence-electron chi connectivity index (χ1n) is 5.99. The highest BCUT2D eigenvalue weighted by Crippen LogP contribution is 2.35. The van der Waals surface area contributed by atoms with Crippen LogP contribution in [0, 0.1) is 24.4 Å². The lowest BCUT2D eigenvalue weighted by molar-refractivity contribution is 0.196. The molecule has 0 spiro atoms. The van der Waals surface area contributed by atoms with Crippen molar-refractivity contribution in [3.05, 3.63) is 58.9 Å². The van der Waals surface area contributed by atoms with Gasteiger partial charge in [-0.05, 0) is 55.3 Å². The molecule has 5 heteroatoms. The molecule has 0 saturated carbocycles. The summed E-state index contributed by atoms with van der Waals surface area (Å²) in [6.07, 6.45) is -0.849. The van der Waals surface area contributed by atoms with Crippen LogP contribution in [0.15, 0.2) is 40.1 Å². The van der Waals surface area contributed by atoms with Crippen molar-refractivity contribution in [3.63, 3.8) is 0 Å². The molecule has 2 aromatic carbocycles. The lowest BCUT2D eigenvalue weighted by atomic mass is 10.1. The van der Waals surface area contributed by atoms with Crippen molar-refractivity contribution in [2.45, 2.75) is 29.7 Å². The molecule has 0 aliphatic rings. The van der Waals surface area contributed by atoms with E-state index in [-0.39, 0.29) is 0 Å². The van der Waals surface area contributed by atoms with Gasteiger partial charge in [0.15, 0.2) is 11.6 Å². The van der Waals surface area contributed by atoms with Crippen LogP contribution in [0.4, 0.5) is 13.2 Å². The van der Waals surface area contributed by atoms with Gasteiger partial charge in [-0.2, -0.15) is 0 Å². The summed E-state index contributed by atoms with van der Waals surface area (Å²) in [5.41, 5.74) is 0.849. The molecule has 0 aliphatic heterocycles. The SMILES string of the molecule is Cc1cc(Sc2ccc(F)c(F)c2)c([C@H](C)O)cc1F. The third-order valence-corrected chi connectivity index (χ3v) is 3.92. The van der Waals surface area contributed by atoms with E-state index >= 15 is 0 Å². The molecule has 0 saturated heterocycles. The van der Waals surface area contributed by atoms with Crippen LogP contribution in [0.5, 0.6) is 0 Å². The number of aliphatic hydroxyl groups excluding tert-OH is 1. The summed E-state index contributed by atoms with van der Waals surface area (Å²) in [5.74, 6) is -2.26. The highest BCUT2D eigenvalue weighted by molar-refractivity contribution is 7.99. The van der Waals surface area contributed by atoms with Crippen LogP contribution in [-0.4, -0.2) is 5.11 Å². The van der Waals surface area contributed by atoms with Gasteiger partial charge in [0.2, 0.25) is 0 Å². The van der Waals surface area contributed by atoms with Crippen molar-refractivity contribution in [3.8, 4) is 0 Å². The van der Waals surface area contributed by atoms with Crippen molar-refractivity contribution in [2.75, 3.05) is 0 Å². The van der Waals surface area contributed by atoms with E-state index in [9.17, 15) is 18.3 Å². The van der Waals surface area contributed by atoms with Crippen molar-refractivity contribution in [2.24, 2.45) is 0 Å². The van der Waals surface area contributed by atoms with Crippen LogP contribution < -0.4 is 0 Å². The summed E-state index contributed by atoms with van der Waals surface area (Å²) < 4.78 is 39.6. The van der Waals surface area contributed by atoms with Crippen molar-refractivity contribution in [1.82, 2.24) is 0 Å². The lowest BCUT2D eigenvalue weighted by Crippen LogP contribution is -1.97. The largest absolute Gasteiger partial charge is 0.389 e. The number of benzene rings is 2. The van der Waals surface area contributed by atoms with Gasteiger partial charge in [-0.3, -0.25) is 0 Å². The molecule has 106 valence electrons. The van der Waals surface area contributed by atoms with Gasteiger partial charge in [0, 0.05) is 9.79 Å². The van der Waals surface area contributed by atoms with Crippen LogP contribution in [0.1, 0.15) is 24.2 Å². The molecule has 2 rings (SSSR count). The smallest absolute Gasteiger partial charge is 0.159 e. The van der Waals surface area contributed by atoms with E-state index in [0.717, 1.165) is 23.9 Å². The fourth-order valence-electron chi connectivity index (χ4n) is 1.75. The fourth-order valence-corrected chi connectivity index (χ4v) is 2.89. The number of aryl methyl sites for hydroxylation is 1. The summed E-state index contributed by atoms with van der Waals surface area (Å²) in [7, 11) is 0. The Morgan fingerprint density at radius 3 is 2.30 bits per heavy atom. The van der Waals surface area contributed by atoms with Crippen LogP contribution in [0.2, 0.25) is 0 Å². The highest BCUT2D eigenvalue weighted by atomic mass is 32.2. The van der Waals surface area contributed by atoms with Crippen molar-refractivity contribution in [1.29, 1.82) is 0 Å². The zero-order chi connectivity index (χ0) is 14.9. The summed E-state index contributed by atoms with van der Waals surface area (Å²) in [6, 6.07) is 6.40. The topological polar surface area (TPSA) is 20.2 Å². The van der Waals surface area contributed by atoms with Gasteiger partial charge in [0.25, 0.3) is 0 Å². The Morgan fingerprint density at radius 2 is 1.70 bits per heavy atom. The highest BCUT2D eigenvalue weighted by Gasteiger charge is 2.14. The maximum Gasteiger partial charge on any atom is 0.159 e. The van der Waals surface area contributed by atoms with Gasteiger partial charge in [-0.1, -0.05) is 11.8 Å². The minimum absolute atomic E-state index is 0.407. The third-order valence-electron chi connectivity index (χ3n) is 2.86. The summed E-state index contributed by atoms with van der Waals surface area (Å²) in [6.45, 7) is 3.13. The Balaban J connectivity index is 2.41. The predicted octanol–water partition coefficient (Wildman–Crippen LogP) is 4.62. The van der Waals surface area contributed by atoms with E-state index < -0.39 is 23.6 Å². The maximum absolute atomic E-state index is 13.5. The molecule has 1 atom stereocenters.